The van der Waals surface area contributed by atoms with Crippen LogP contribution in [0.15, 0.2) is 48.5 Å². The highest BCUT2D eigenvalue weighted by atomic mass is 16.3. The fraction of sp³-hybridized carbons (Fsp3) is 0.686. The zero-order chi connectivity index (χ0) is 40.7. The highest BCUT2D eigenvalue weighted by Gasteiger charge is 2.36. The molecule has 2 aromatic carbocycles. The molecule has 2 N–H and O–H groups in total. The van der Waals surface area contributed by atoms with Crippen LogP contribution in [-0.2, 0) is 19.2 Å². The van der Waals surface area contributed by atoms with Crippen molar-refractivity contribution >= 4 is 23.1 Å². The second-order valence-corrected chi connectivity index (χ2v) is 17.1. The highest BCUT2D eigenvalue weighted by Crippen LogP contribution is 2.42. The number of unbranched alkanes of at least 4 members (excludes halogenated alkanes) is 10. The van der Waals surface area contributed by atoms with Crippen LogP contribution in [0, 0.1) is 11.8 Å². The summed E-state index contributed by atoms with van der Waals surface area (Å²) in [4.78, 5) is 46.8. The summed E-state index contributed by atoms with van der Waals surface area (Å²) in [5, 5.41) is 20.7. The van der Waals surface area contributed by atoms with Crippen LogP contribution in [0.2, 0.25) is 0 Å². The summed E-state index contributed by atoms with van der Waals surface area (Å²) in [6.45, 7) is 7.65. The minimum absolute atomic E-state index is 0. The van der Waals surface area contributed by atoms with Gasteiger partial charge in [0.1, 0.15) is 23.1 Å². The summed E-state index contributed by atoms with van der Waals surface area (Å²) in [5.74, 6) is 2.32. The SMILES string of the molecule is C.CCCCC[C@@H](O)c1ccc([C@H]2CCC(=O)[C@@H]2CCCCCCC(C)=O)cc1.CCCCC[C@H](O)c1ccc([C@H]2CCC(=O)[C@@H]2CCCCCCC(C)=O)cc1. The molecule has 320 valence electrons. The normalized spacial score (nSPS) is 20.1. The summed E-state index contributed by atoms with van der Waals surface area (Å²) in [5.41, 5.74) is 4.48. The van der Waals surface area contributed by atoms with Gasteiger partial charge in [-0.2, -0.15) is 0 Å². The zero-order valence-corrected chi connectivity index (χ0v) is 35.6. The number of aliphatic hydroxyl groups excluding tert-OH is 2. The van der Waals surface area contributed by atoms with Crippen LogP contribution < -0.4 is 0 Å². The molecular formula is C51H80O6. The molecule has 6 nitrogen and oxygen atoms in total. The molecule has 0 amide bonds. The van der Waals surface area contributed by atoms with E-state index in [0.29, 0.717) is 49.1 Å². The molecule has 6 atom stereocenters. The lowest BCUT2D eigenvalue weighted by molar-refractivity contribution is -0.121. The van der Waals surface area contributed by atoms with Gasteiger partial charge in [-0.25, -0.2) is 0 Å². The van der Waals surface area contributed by atoms with Gasteiger partial charge < -0.3 is 19.8 Å². The average molecular weight is 789 g/mol. The third-order valence-electron chi connectivity index (χ3n) is 12.5. The maximum Gasteiger partial charge on any atom is 0.136 e. The molecule has 0 heterocycles. The summed E-state index contributed by atoms with van der Waals surface area (Å²) in [6.07, 6.45) is 22.7. The molecule has 6 heteroatoms. The molecule has 2 aliphatic carbocycles. The Morgan fingerprint density at radius 2 is 0.895 bits per heavy atom. The third kappa shape index (κ3) is 18.2. The van der Waals surface area contributed by atoms with Crippen molar-refractivity contribution in [2.24, 2.45) is 11.8 Å². The zero-order valence-electron chi connectivity index (χ0n) is 35.6. The molecule has 0 saturated heterocycles. The molecule has 2 aromatic rings. The smallest absolute Gasteiger partial charge is 0.136 e. The van der Waals surface area contributed by atoms with Crippen LogP contribution in [0.4, 0.5) is 0 Å². The van der Waals surface area contributed by atoms with Gasteiger partial charge in [-0.05, 0) is 99.3 Å². The Bertz CT molecular complexity index is 1320. The van der Waals surface area contributed by atoms with Crippen molar-refractivity contribution in [1.82, 2.24) is 0 Å². The van der Waals surface area contributed by atoms with Crippen molar-refractivity contribution in [3.05, 3.63) is 70.8 Å². The van der Waals surface area contributed by atoms with Crippen molar-refractivity contribution < 1.29 is 29.4 Å². The number of carbonyl (C=O) groups is 4. The van der Waals surface area contributed by atoms with Crippen LogP contribution in [0.1, 0.15) is 236 Å². The lowest BCUT2D eigenvalue weighted by atomic mass is 9.84. The number of hydrogen-bond donors (Lipinski definition) is 2. The van der Waals surface area contributed by atoms with Crippen LogP contribution >= 0.6 is 0 Å². The lowest BCUT2D eigenvalue weighted by Gasteiger charge is -2.20. The molecule has 0 unspecified atom stereocenters. The number of ketones is 4. The van der Waals surface area contributed by atoms with Gasteiger partial charge in [-0.1, -0.05) is 147 Å². The standard InChI is InChI=1S/2C25H38O3.CH4/c2*1-3-4-7-12-24(27)21-15-13-20(14-16-21)22-17-18-25(28)23(22)11-9-6-5-8-10-19(2)26;/h2*13-16,22-24,27H,3-12,17-18H2,1-2H3;1H4/t22-,23-,24+;22-,23-,24-;/m11./s1. The molecule has 0 bridgehead atoms. The van der Waals surface area contributed by atoms with Gasteiger partial charge in [-0.3, -0.25) is 9.59 Å². The number of benzene rings is 2. The van der Waals surface area contributed by atoms with E-state index in [1.54, 1.807) is 13.8 Å². The summed E-state index contributed by atoms with van der Waals surface area (Å²) >= 11 is 0. The maximum atomic E-state index is 12.4. The van der Waals surface area contributed by atoms with Crippen LogP contribution in [0.25, 0.3) is 0 Å². The largest absolute Gasteiger partial charge is 0.388 e. The lowest BCUT2D eigenvalue weighted by Crippen LogP contribution is -2.13. The van der Waals surface area contributed by atoms with Crippen molar-refractivity contribution in [2.45, 2.75) is 213 Å². The molecule has 4 rings (SSSR count). The quantitative estimate of drug-likeness (QED) is 0.0919. The monoisotopic (exact) mass is 789 g/mol. The molecule has 0 aliphatic heterocycles. The van der Waals surface area contributed by atoms with Gasteiger partial charge in [0, 0.05) is 37.5 Å². The fourth-order valence-corrected chi connectivity index (χ4v) is 8.96. The maximum absolute atomic E-state index is 12.4. The Morgan fingerprint density at radius 3 is 1.23 bits per heavy atom. The van der Waals surface area contributed by atoms with Gasteiger partial charge in [-0.15, -0.1) is 0 Å². The Balaban J connectivity index is 0.000000387. The van der Waals surface area contributed by atoms with Gasteiger partial charge in [0.2, 0.25) is 0 Å². The minimum atomic E-state index is -0.378. The minimum Gasteiger partial charge on any atom is -0.388 e. The van der Waals surface area contributed by atoms with E-state index in [2.05, 4.69) is 38.1 Å². The first-order valence-corrected chi connectivity index (χ1v) is 22.7. The van der Waals surface area contributed by atoms with Crippen molar-refractivity contribution in [3.63, 3.8) is 0 Å². The van der Waals surface area contributed by atoms with Gasteiger partial charge in [0.25, 0.3) is 0 Å². The number of Topliss-reactive ketones (excluding diaryl/α,β-unsaturated/α-hetero) is 4. The molecular weight excluding hydrogens is 709 g/mol. The van der Waals surface area contributed by atoms with Gasteiger partial charge in [0.05, 0.1) is 12.2 Å². The van der Waals surface area contributed by atoms with Crippen molar-refractivity contribution in [3.8, 4) is 0 Å². The third-order valence-corrected chi connectivity index (χ3v) is 12.5. The Morgan fingerprint density at radius 1 is 0.544 bits per heavy atom. The van der Waals surface area contributed by atoms with Crippen molar-refractivity contribution in [2.75, 3.05) is 0 Å². The number of aliphatic hydroxyl groups is 2. The molecule has 0 radical (unpaired) electrons. The van der Waals surface area contributed by atoms with E-state index < -0.39 is 0 Å². The topological polar surface area (TPSA) is 109 Å². The van der Waals surface area contributed by atoms with E-state index in [-0.39, 0.29) is 43.0 Å². The van der Waals surface area contributed by atoms with E-state index in [0.717, 1.165) is 127 Å². The van der Waals surface area contributed by atoms with Gasteiger partial charge >= 0.3 is 0 Å². The molecule has 0 aromatic heterocycles. The molecule has 2 fully saturated rings. The number of hydrogen-bond acceptors (Lipinski definition) is 6. The van der Waals surface area contributed by atoms with E-state index in [1.165, 1.54) is 24.0 Å². The number of carbonyl (C=O) groups excluding carboxylic acids is 4. The van der Waals surface area contributed by atoms with Crippen LogP contribution in [-0.4, -0.2) is 33.3 Å². The first-order valence-electron chi connectivity index (χ1n) is 22.7. The Hall–Kier alpha value is -2.96. The van der Waals surface area contributed by atoms with E-state index in [4.69, 9.17) is 0 Å². The van der Waals surface area contributed by atoms with E-state index >= 15 is 0 Å². The van der Waals surface area contributed by atoms with Gasteiger partial charge in [0.15, 0.2) is 0 Å². The van der Waals surface area contributed by atoms with E-state index in [9.17, 15) is 29.4 Å². The van der Waals surface area contributed by atoms with Crippen LogP contribution in [0.5, 0.6) is 0 Å². The van der Waals surface area contributed by atoms with Crippen molar-refractivity contribution in [1.29, 1.82) is 0 Å². The fourth-order valence-electron chi connectivity index (χ4n) is 8.96. The predicted octanol–water partition coefficient (Wildman–Crippen LogP) is 13.2. The summed E-state index contributed by atoms with van der Waals surface area (Å²) < 4.78 is 0. The summed E-state index contributed by atoms with van der Waals surface area (Å²) in [6, 6.07) is 16.7. The number of rotatable bonds is 26. The molecule has 0 spiro atoms. The van der Waals surface area contributed by atoms with E-state index in [1.807, 2.05) is 24.3 Å². The second kappa shape index (κ2) is 28.5. The molecule has 2 aliphatic rings. The molecule has 2 saturated carbocycles. The first-order chi connectivity index (χ1) is 27.0. The summed E-state index contributed by atoms with van der Waals surface area (Å²) in [7, 11) is 0. The highest BCUT2D eigenvalue weighted by molar-refractivity contribution is 5.85. The first kappa shape index (κ1) is 50.2. The Kier molecular flexibility index (Phi) is 25.1. The molecule has 57 heavy (non-hydrogen) atoms. The average Bonchev–Trinajstić information content (AvgIpc) is 3.75. The predicted molar refractivity (Wildman–Crippen MR) is 236 cm³/mol. The second-order valence-electron chi connectivity index (χ2n) is 17.1. The van der Waals surface area contributed by atoms with Crippen LogP contribution in [0.3, 0.4) is 0 Å². The Labute approximate surface area is 347 Å².